The predicted molar refractivity (Wildman–Crippen MR) is 55.5 cm³/mol. The summed E-state index contributed by atoms with van der Waals surface area (Å²) in [5, 5.41) is 0. The average Bonchev–Trinajstić information content (AvgIpc) is 2.02. The lowest BCUT2D eigenvalue weighted by Gasteiger charge is -1.98. The van der Waals surface area contributed by atoms with Crippen molar-refractivity contribution in [2.24, 2.45) is 0 Å². The van der Waals surface area contributed by atoms with E-state index < -0.39 is 15.9 Å². The molecule has 0 unspecified atom stereocenters. The zero-order chi connectivity index (χ0) is 10.8. The van der Waals surface area contributed by atoms with Crippen LogP contribution in [-0.4, -0.2) is 20.6 Å². The Morgan fingerprint density at radius 2 is 1.79 bits per heavy atom. The predicted octanol–water partition coefficient (Wildman–Crippen LogP) is 1.15. The molecule has 0 saturated heterocycles. The highest BCUT2D eigenvalue weighted by molar-refractivity contribution is 9.10. The van der Waals surface area contributed by atoms with E-state index in [4.69, 9.17) is 0 Å². The summed E-state index contributed by atoms with van der Waals surface area (Å²) in [5.74, 6) is -0.750. The third-order valence-corrected chi connectivity index (χ3v) is 2.37. The van der Waals surface area contributed by atoms with E-state index in [0.717, 1.165) is 10.7 Å². The average molecular weight is 277 g/mol. The first-order valence-corrected chi connectivity index (χ1v) is 6.25. The quantitative estimate of drug-likeness (QED) is 0.814. The lowest BCUT2D eigenvalue weighted by atomic mass is 10.2. The van der Waals surface area contributed by atoms with Crippen LogP contribution in [0.15, 0.2) is 28.7 Å². The SMILES string of the molecule is CS(=O)(=O)[N]C(=O)c1ccc(Br)cc1. The molecule has 1 rings (SSSR count). The second-order valence-corrected chi connectivity index (χ2v) is 5.20. The van der Waals surface area contributed by atoms with E-state index in [1.165, 1.54) is 12.1 Å². The number of benzene rings is 1. The molecule has 0 aromatic heterocycles. The van der Waals surface area contributed by atoms with Crippen LogP contribution in [-0.2, 0) is 10.0 Å². The number of carbonyl (C=O) groups excluding carboxylic acids is 1. The van der Waals surface area contributed by atoms with Gasteiger partial charge in [0.25, 0.3) is 15.9 Å². The molecule has 0 aliphatic heterocycles. The summed E-state index contributed by atoms with van der Waals surface area (Å²) in [6.07, 6.45) is 0.879. The second-order valence-electron chi connectivity index (χ2n) is 2.64. The van der Waals surface area contributed by atoms with Gasteiger partial charge in [-0.2, -0.15) is 0 Å². The zero-order valence-electron chi connectivity index (χ0n) is 7.27. The number of sulfonamides is 1. The summed E-state index contributed by atoms with van der Waals surface area (Å²) in [6, 6.07) is 6.29. The maximum absolute atomic E-state index is 11.2. The Balaban J connectivity index is 2.86. The normalized spacial score (nSPS) is 11.0. The summed E-state index contributed by atoms with van der Waals surface area (Å²) < 4.78 is 25.2. The highest BCUT2D eigenvalue weighted by Gasteiger charge is 2.13. The van der Waals surface area contributed by atoms with Crippen molar-refractivity contribution in [2.45, 2.75) is 0 Å². The highest BCUT2D eigenvalue weighted by Crippen LogP contribution is 2.10. The van der Waals surface area contributed by atoms with Crippen LogP contribution < -0.4 is 4.72 Å². The van der Waals surface area contributed by atoms with Gasteiger partial charge in [0.05, 0.1) is 6.26 Å². The van der Waals surface area contributed by atoms with Gasteiger partial charge in [0.2, 0.25) is 0 Å². The fourth-order valence-corrected chi connectivity index (χ4v) is 1.47. The summed E-state index contributed by atoms with van der Waals surface area (Å²) in [7, 11) is -3.62. The third-order valence-electron chi connectivity index (χ3n) is 1.34. The molecular weight excluding hydrogens is 270 g/mol. The number of hydrogen-bond acceptors (Lipinski definition) is 3. The Labute approximate surface area is 90.5 Å². The first kappa shape index (κ1) is 11.2. The minimum absolute atomic E-state index is 0.249. The van der Waals surface area contributed by atoms with Gasteiger partial charge in [-0.15, -0.1) is 4.72 Å². The molecule has 1 amide bonds. The first-order valence-electron chi connectivity index (χ1n) is 3.61. The topological polar surface area (TPSA) is 65.3 Å². The minimum Gasteiger partial charge on any atom is -0.266 e. The van der Waals surface area contributed by atoms with Crippen molar-refractivity contribution in [3.05, 3.63) is 34.3 Å². The minimum atomic E-state index is -3.62. The van der Waals surface area contributed by atoms with E-state index in [-0.39, 0.29) is 5.56 Å². The van der Waals surface area contributed by atoms with Crippen molar-refractivity contribution in [3.63, 3.8) is 0 Å². The summed E-state index contributed by atoms with van der Waals surface area (Å²) in [6.45, 7) is 0. The Hall–Kier alpha value is -0.880. The number of amides is 1. The number of rotatable bonds is 2. The molecule has 0 N–H and O–H groups in total. The Morgan fingerprint density at radius 1 is 1.29 bits per heavy atom. The van der Waals surface area contributed by atoms with E-state index in [1.807, 2.05) is 0 Å². The zero-order valence-corrected chi connectivity index (χ0v) is 9.67. The molecule has 0 aliphatic carbocycles. The lowest BCUT2D eigenvalue weighted by Crippen LogP contribution is -2.21. The largest absolute Gasteiger partial charge is 0.287 e. The Bertz CT molecular complexity index is 438. The molecule has 0 spiro atoms. The number of hydrogen-bond donors (Lipinski definition) is 0. The van der Waals surface area contributed by atoms with Gasteiger partial charge < -0.3 is 0 Å². The van der Waals surface area contributed by atoms with Crippen LogP contribution in [0.1, 0.15) is 10.4 Å². The van der Waals surface area contributed by atoms with Gasteiger partial charge in [-0.1, -0.05) is 15.9 Å². The van der Waals surface area contributed by atoms with Crippen LogP contribution in [0.2, 0.25) is 0 Å². The molecule has 1 radical (unpaired) electrons. The molecule has 75 valence electrons. The van der Waals surface area contributed by atoms with Gasteiger partial charge in [0.1, 0.15) is 0 Å². The molecule has 0 aliphatic rings. The summed E-state index contributed by atoms with van der Waals surface area (Å²) in [5.41, 5.74) is 0.249. The number of nitrogens with zero attached hydrogens (tertiary/aromatic N) is 1. The van der Waals surface area contributed by atoms with Gasteiger partial charge in [-0.05, 0) is 24.3 Å². The van der Waals surface area contributed by atoms with E-state index in [0.29, 0.717) is 0 Å². The van der Waals surface area contributed by atoms with Gasteiger partial charge >= 0.3 is 0 Å². The highest BCUT2D eigenvalue weighted by atomic mass is 79.9. The standard InChI is InChI=1S/C8H7BrNO3S/c1-14(12,13)10-8(11)6-2-4-7(9)5-3-6/h2-5H,1H3. The molecule has 1 aromatic rings. The van der Waals surface area contributed by atoms with Gasteiger partial charge in [-0.25, -0.2) is 8.42 Å². The van der Waals surface area contributed by atoms with E-state index in [2.05, 4.69) is 20.7 Å². The van der Waals surface area contributed by atoms with Crippen molar-refractivity contribution in [1.29, 1.82) is 0 Å². The molecule has 14 heavy (non-hydrogen) atoms. The molecular formula is C8H7BrNO3S. The van der Waals surface area contributed by atoms with Crippen LogP contribution in [0.4, 0.5) is 0 Å². The van der Waals surface area contributed by atoms with Crippen molar-refractivity contribution in [1.82, 2.24) is 4.72 Å². The number of carbonyl (C=O) groups is 1. The number of halogens is 1. The molecule has 0 heterocycles. The lowest BCUT2D eigenvalue weighted by molar-refractivity contribution is 0.0978. The Kier molecular flexibility index (Phi) is 3.28. The maximum atomic E-state index is 11.2. The van der Waals surface area contributed by atoms with E-state index >= 15 is 0 Å². The van der Waals surface area contributed by atoms with Gasteiger partial charge in [0, 0.05) is 10.0 Å². The first-order chi connectivity index (χ1) is 6.38. The monoisotopic (exact) mass is 276 g/mol. The molecule has 1 aromatic carbocycles. The van der Waals surface area contributed by atoms with Crippen LogP contribution in [0.5, 0.6) is 0 Å². The molecule has 0 atom stereocenters. The van der Waals surface area contributed by atoms with Crippen LogP contribution in [0, 0.1) is 0 Å². The smallest absolute Gasteiger partial charge is 0.266 e. The third kappa shape index (κ3) is 3.47. The molecule has 0 bridgehead atoms. The molecule has 4 nitrogen and oxygen atoms in total. The van der Waals surface area contributed by atoms with Crippen molar-refractivity contribution in [2.75, 3.05) is 6.26 Å². The Morgan fingerprint density at radius 3 is 2.21 bits per heavy atom. The van der Waals surface area contributed by atoms with E-state index in [9.17, 15) is 13.2 Å². The van der Waals surface area contributed by atoms with Crippen molar-refractivity contribution < 1.29 is 13.2 Å². The van der Waals surface area contributed by atoms with Crippen molar-refractivity contribution in [3.8, 4) is 0 Å². The van der Waals surface area contributed by atoms with Crippen LogP contribution >= 0.6 is 15.9 Å². The summed E-state index contributed by atoms with van der Waals surface area (Å²) >= 11 is 3.20. The van der Waals surface area contributed by atoms with Crippen molar-refractivity contribution >= 4 is 31.9 Å². The second kappa shape index (κ2) is 4.10. The molecule has 0 saturated carbocycles. The fourth-order valence-electron chi connectivity index (χ4n) is 0.796. The summed E-state index contributed by atoms with van der Waals surface area (Å²) in [4.78, 5) is 11.2. The molecule has 0 fully saturated rings. The van der Waals surface area contributed by atoms with Crippen LogP contribution in [0.3, 0.4) is 0 Å². The van der Waals surface area contributed by atoms with Crippen LogP contribution in [0.25, 0.3) is 0 Å². The fraction of sp³-hybridized carbons (Fsp3) is 0.125. The van der Waals surface area contributed by atoms with E-state index in [1.54, 1.807) is 12.1 Å². The van der Waals surface area contributed by atoms with Gasteiger partial charge in [0.15, 0.2) is 0 Å². The molecule has 6 heteroatoms. The maximum Gasteiger partial charge on any atom is 0.287 e. The van der Waals surface area contributed by atoms with Gasteiger partial charge in [-0.3, -0.25) is 4.79 Å².